The molecule has 1 aromatic carbocycles. The van der Waals surface area contributed by atoms with Gasteiger partial charge in [-0.1, -0.05) is 0 Å². The minimum Gasteiger partial charge on any atom is -0.443 e. The summed E-state index contributed by atoms with van der Waals surface area (Å²) >= 11 is 0. The van der Waals surface area contributed by atoms with Crippen molar-refractivity contribution in [1.82, 2.24) is 15.2 Å². The lowest BCUT2D eigenvalue weighted by atomic mass is 10.2. The Kier molecular flexibility index (Phi) is 5.02. The number of aromatic nitrogens is 2. The maximum Gasteiger partial charge on any atom is 0.428 e. The summed E-state index contributed by atoms with van der Waals surface area (Å²) in [6, 6.07) is 6.05. The molecule has 0 saturated heterocycles. The van der Waals surface area contributed by atoms with E-state index in [4.69, 9.17) is 4.74 Å². The molecule has 24 heavy (non-hydrogen) atoms. The van der Waals surface area contributed by atoms with Crippen LogP contribution in [0.1, 0.15) is 37.7 Å². The van der Waals surface area contributed by atoms with E-state index in [1.54, 1.807) is 37.6 Å². The van der Waals surface area contributed by atoms with Gasteiger partial charge in [-0.05, 0) is 58.9 Å². The highest BCUT2D eigenvalue weighted by Crippen LogP contribution is 2.16. The van der Waals surface area contributed by atoms with Crippen LogP contribution in [-0.4, -0.2) is 27.7 Å². The molecule has 0 bridgehead atoms. The fourth-order valence-electron chi connectivity index (χ4n) is 2.13. The van der Waals surface area contributed by atoms with Gasteiger partial charge in [-0.25, -0.2) is 19.3 Å². The van der Waals surface area contributed by atoms with Crippen molar-refractivity contribution >= 4 is 12.3 Å². The zero-order valence-corrected chi connectivity index (χ0v) is 14.4. The lowest BCUT2D eigenvalue weighted by Gasteiger charge is -2.18. The molecule has 0 aliphatic carbocycles. The predicted octanol–water partition coefficient (Wildman–Crippen LogP) is 3.49. The highest BCUT2D eigenvalue weighted by atomic mass is 19.1. The van der Waals surface area contributed by atoms with Gasteiger partial charge in [0.15, 0.2) is 0 Å². The second-order valence-corrected chi connectivity index (χ2v) is 6.34. The molecule has 0 radical (unpaired) electrons. The van der Waals surface area contributed by atoms with Crippen molar-refractivity contribution in [2.45, 2.75) is 40.2 Å². The van der Waals surface area contributed by atoms with Crippen molar-refractivity contribution < 1.29 is 13.9 Å². The van der Waals surface area contributed by atoms with Crippen LogP contribution in [0.5, 0.6) is 0 Å². The Morgan fingerprint density at radius 3 is 2.50 bits per heavy atom. The first kappa shape index (κ1) is 17.7. The third-order valence-electron chi connectivity index (χ3n) is 3.17. The average molecular weight is 332 g/mol. The van der Waals surface area contributed by atoms with Gasteiger partial charge in [-0.15, -0.1) is 0 Å². The normalized spacial score (nSPS) is 11.8. The quantitative estimate of drug-likeness (QED) is 0.691. The number of halogens is 1. The predicted molar refractivity (Wildman–Crippen MR) is 90.0 cm³/mol. The van der Waals surface area contributed by atoms with Crippen molar-refractivity contribution in [1.29, 1.82) is 0 Å². The van der Waals surface area contributed by atoms with Crippen LogP contribution in [0.4, 0.5) is 9.18 Å². The number of rotatable bonds is 3. The molecular formula is C17H21FN4O2. The molecule has 0 spiro atoms. The summed E-state index contributed by atoms with van der Waals surface area (Å²) in [5, 5.41) is 8.33. The molecular weight excluding hydrogens is 311 g/mol. The third kappa shape index (κ3) is 4.41. The smallest absolute Gasteiger partial charge is 0.428 e. The van der Waals surface area contributed by atoms with Gasteiger partial charge in [-0.2, -0.15) is 10.2 Å². The van der Waals surface area contributed by atoms with Crippen molar-refractivity contribution in [3.63, 3.8) is 0 Å². The summed E-state index contributed by atoms with van der Waals surface area (Å²) in [6.45, 7) is 9.03. The number of carbonyl (C=O) groups excluding carboxylic acids is 1. The fraction of sp³-hybridized carbons (Fsp3) is 0.353. The van der Waals surface area contributed by atoms with Crippen LogP contribution in [0.25, 0.3) is 5.69 Å². The molecule has 2 aromatic rings. The molecule has 1 amide bonds. The van der Waals surface area contributed by atoms with Gasteiger partial charge >= 0.3 is 6.09 Å². The molecule has 128 valence electrons. The Labute approximate surface area is 140 Å². The van der Waals surface area contributed by atoms with Gasteiger partial charge in [0.05, 0.1) is 23.3 Å². The fourth-order valence-corrected chi connectivity index (χ4v) is 2.13. The number of nitrogens with zero attached hydrogens (tertiary/aromatic N) is 3. The van der Waals surface area contributed by atoms with Gasteiger partial charge in [0, 0.05) is 5.56 Å². The van der Waals surface area contributed by atoms with Crippen LogP contribution in [0.3, 0.4) is 0 Å². The summed E-state index contributed by atoms with van der Waals surface area (Å²) in [7, 11) is 0. The van der Waals surface area contributed by atoms with E-state index in [9.17, 15) is 9.18 Å². The molecule has 0 aliphatic rings. The van der Waals surface area contributed by atoms with E-state index < -0.39 is 11.7 Å². The van der Waals surface area contributed by atoms with Crippen LogP contribution in [0, 0.1) is 19.7 Å². The van der Waals surface area contributed by atoms with Gasteiger partial charge in [0.2, 0.25) is 0 Å². The van der Waals surface area contributed by atoms with Crippen LogP contribution >= 0.6 is 0 Å². The lowest BCUT2D eigenvalue weighted by molar-refractivity contribution is 0.0529. The van der Waals surface area contributed by atoms with E-state index in [1.165, 1.54) is 18.3 Å². The number of benzene rings is 1. The Morgan fingerprint density at radius 2 is 1.92 bits per heavy atom. The summed E-state index contributed by atoms with van der Waals surface area (Å²) in [5.41, 5.74) is 4.83. The van der Waals surface area contributed by atoms with Crippen LogP contribution in [0.2, 0.25) is 0 Å². The SMILES string of the molecule is Cc1nn(-c2ccc(F)cc2)c(C)c1/C=N\NC(=O)OC(C)(C)C. The molecule has 7 heteroatoms. The van der Waals surface area contributed by atoms with Crippen LogP contribution in [-0.2, 0) is 4.74 Å². The Hall–Kier alpha value is -2.70. The first-order valence-electron chi connectivity index (χ1n) is 7.51. The van der Waals surface area contributed by atoms with Crippen molar-refractivity contribution in [3.05, 3.63) is 47.0 Å². The van der Waals surface area contributed by atoms with Crippen LogP contribution in [0.15, 0.2) is 29.4 Å². The van der Waals surface area contributed by atoms with Gasteiger partial charge < -0.3 is 4.74 Å². The number of hydrogen-bond acceptors (Lipinski definition) is 4. The third-order valence-corrected chi connectivity index (χ3v) is 3.17. The number of hydrogen-bond donors (Lipinski definition) is 1. The highest BCUT2D eigenvalue weighted by molar-refractivity contribution is 5.83. The molecule has 2 rings (SSSR count). The van der Waals surface area contributed by atoms with Gasteiger partial charge in [0.25, 0.3) is 0 Å². The summed E-state index contributed by atoms with van der Waals surface area (Å²) in [5.74, 6) is -0.302. The summed E-state index contributed by atoms with van der Waals surface area (Å²) in [4.78, 5) is 11.6. The summed E-state index contributed by atoms with van der Waals surface area (Å²) < 4.78 is 19.8. The number of amides is 1. The van der Waals surface area contributed by atoms with Crippen LogP contribution < -0.4 is 5.43 Å². The Morgan fingerprint density at radius 1 is 1.29 bits per heavy atom. The largest absolute Gasteiger partial charge is 0.443 e. The monoisotopic (exact) mass is 332 g/mol. The molecule has 6 nitrogen and oxygen atoms in total. The first-order valence-corrected chi connectivity index (χ1v) is 7.51. The van der Waals surface area contributed by atoms with Crippen molar-refractivity contribution in [2.24, 2.45) is 5.10 Å². The molecule has 1 heterocycles. The minimum absolute atomic E-state index is 0.302. The maximum absolute atomic E-state index is 13.0. The van der Waals surface area contributed by atoms with E-state index >= 15 is 0 Å². The first-order chi connectivity index (χ1) is 11.2. The number of ether oxygens (including phenoxy) is 1. The highest BCUT2D eigenvalue weighted by Gasteiger charge is 2.16. The molecule has 0 saturated carbocycles. The van der Waals surface area contributed by atoms with Gasteiger partial charge in [-0.3, -0.25) is 0 Å². The van der Waals surface area contributed by atoms with E-state index in [0.717, 1.165) is 22.6 Å². The zero-order chi connectivity index (χ0) is 17.9. The number of hydrazone groups is 1. The maximum atomic E-state index is 13.0. The molecule has 0 aliphatic heterocycles. The topological polar surface area (TPSA) is 68.5 Å². The Balaban J connectivity index is 2.16. The van der Waals surface area contributed by atoms with E-state index in [1.807, 2.05) is 13.8 Å². The van der Waals surface area contributed by atoms with Crippen molar-refractivity contribution in [3.8, 4) is 5.69 Å². The second-order valence-electron chi connectivity index (χ2n) is 6.34. The molecule has 0 fully saturated rings. The second kappa shape index (κ2) is 6.82. The van der Waals surface area contributed by atoms with Gasteiger partial charge in [0.1, 0.15) is 11.4 Å². The number of nitrogens with one attached hydrogen (secondary N) is 1. The molecule has 1 N–H and O–H groups in total. The zero-order valence-electron chi connectivity index (χ0n) is 14.4. The Bertz CT molecular complexity index is 758. The average Bonchev–Trinajstić information content (AvgIpc) is 2.74. The van der Waals surface area contributed by atoms with E-state index in [0.29, 0.717) is 0 Å². The lowest BCUT2D eigenvalue weighted by Crippen LogP contribution is -2.29. The standard InChI is InChI=1S/C17H21FN4O2/c1-11-15(10-19-20-16(23)24-17(3,4)5)12(2)22(21-11)14-8-6-13(18)7-9-14/h6-10H,1-5H3,(H,20,23)/b19-10-. The van der Waals surface area contributed by atoms with E-state index in [-0.39, 0.29) is 5.82 Å². The molecule has 0 unspecified atom stereocenters. The van der Waals surface area contributed by atoms with Crippen molar-refractivity contribution in [2.75, 3.05) is 0 Å². The number of carbonyl (C=O) groups is 1. The van der Waals surface area contributed by atoms with E-state index in [2.05, 4.69) is 15.6 Å². The molecule has 1 aromatic heterocycles. The molecule has 0 atom stereocenters. The minimum atomic E-state index is -0.625. The number of aryl methyl sites for hydroxylation is 1. The summed E-state index contributed by atoms with van der Waals surface area (Å²) in [6.07, 6.45) is 0.890.